The van der Waals surface area contributed by atoms with E-state index in [2.05, 4.69) is 43.5 Å². The van der Waals surface area contributed by atoms with Gasteiger partial charge in [-0.05, 0) is 33.0 Å². The Hall–Kier alpha value is -1.31. The molecule has 0 bridgehead atoms. The Labute approximate surface area is 156 Å². The smallest absolute Gasteiger partial charge is 0.152 e. The number of hydrogen-bond donors (Lipinski definition) is 0. The van der Waals surface area contributed by atoms with Crippen LogP contribution in [-0.4, -0.2) is 49.0 Å². The molecule has 2 rings (SSSR count). The summed E-state index contributed by atoms with van der Waals surface area (Å²) in [5, 5.41) is 5.06. The highest BCUT2D eigenvalue weighted by molar-refractivity contribution is 6.76. The molecule has 1 aromatic carbocycles. The third-order valence-electron chi connectivity index (χ3n) is 4.63. The molecular formula is C19H31F2N3OSi. The van der Waals surface area contributed by atoms with E-state index in [0.29, 0.717) is 35.7 Å². The van der Waals surface area contributed by atoms with Gasteiger partial charge < -0.3 is 9.64 Å². The quantitative estimate of drug-likeness (QED) is 0.471. The van der Waals surface area contributed by atoms with Gasteiger partial charge in [-0.15, -0.1) is 0 Å². The first-order chi connectivity index (χ1) is 12.1. The van der Waals surface area contributed by atoms with Crippen molar-refractivity contribution in [2.75, 3.05) is 20.2 Å². The Morgan fingerprint density at radius 1 is 1.23 bits per heavy atom. The molecule has 26 heavy (non-hydrogen) atoms. The van der Waals surface area contributed by atoms with Crippen molar-refractivity contribution in [2.24, 2.45) is 0 Å². The molecule has 2 aromatic rings. The molecule has 0 amide bonds. The first-order valence-corrected chi connectivity index (χ1v) is 12.9. The highest BCUT2D eigenvalue weighted by Gasteiger charge is 2.18. The maximum atomic E-state index is 14.4. The molecule has 1 heterocycles. The third kappa shape index (κ3) is 5.59. The van der Waals surface area contributed by atoms with Crippen molar-refractivity contribution < 1.29 is 13.5 Å². The summed E-state index contributed by atoms with van der Waals surface area (Å²) in [4.78, 5) is 2.19. The number of rotatable bonds is 9. The number of hydrogen-bond acceptors (Lipinski definition) is 3. The van der Waals surface area contributed by atoms with Crippen LogP contribution >= 0.6 is 0 Å². The van der Waals surface area contributed by atoms with Gasteiger partial charge in [0, 0.05) is 45.1 Å². The average Bonchev–Trinajstić information content (AvgIpc) is 2.86. The Morgan fingerprint density at radius 2 is 1.92 bits per heavy atom. The lowest BCUT2D eigenvalue weighted by Gasteiger charge is -2.20. The lowest BCUT2D eigenvalue weighted by Crippen LogP contribution is -2.28. The first-order valence-electron chi connectivity index (χ1n) is 9.21. The van der Waals surface area contributed by atoms with Crippen molar-refractivity contribution in [3.8, 4) is 0 Å². The Kier molecular flexibility index (Phi) is 6.93. The normalized spacial score (nSPS) is 12.7. The Balaban J connectivity index is 2.21. The molecule has 7 heteroatoms. The van der Waals surface area contributed by atoms with E-state index in [1.165, 1.54) is 10.7 Å². The largest absolute Gasteiger partial charge is 0.360 e. The zero-order valence-electron chi connectivity index (χ0n) is 16.8. The SMILES string of the molecule is CC(C)N(C)CCc1nn(COCC[Si](C)(C)C)c2c(F)cc(F)cc12. The maximum Gasteiger partial charge on any atom is 0.152 e. The van der Waals surface area contributed by atoms with Gasteiger partial charge in [0.1, 0.15) is 18.1 Å². The molecule has 0 N–H and O–H groups in total. The van der Waals surface area contributed by atoms with E-state index in [-0.39, 0.29) is 6.73 Å². The summed E-state index contributed by atoms with van der Waals surface area (Å²) in [5.74, 6) is -1.17. The molecule has 0 saturated heterocycles. The van der Waals surface area contributed by atoms with E-state index in [1.807, 2.05) is 7.05 Å². The monoisotopic (exact) mass is 383 g/mol. The van der Waals surface area contributed by atoms with E-state index in [0.717, 1.165) is 18.7 Å². The number of ether oxygens (including phenoxy) is 1. The predicted molar refractivity (Wildman–Crippen MR) is 105 cm³/mol. The van der Waals surface area contributed by atoms with Gasteiger partial charge in [-0.3, -0.25) is 0 Å². The summed E-state index contributed by atoms with van der Waals surface area (Å²) in [6, 6.07) is 3.72. The van der Waals surface area contributed by atoms with Gasteiger partial charge >= 0.3 is 0 Å². The van der Waals surface area contributed by atoms with Gasteiger partial charge in [0.15, 0.2) is 5.82 Å². The Bertz CT molecular complexity index is 740. The number of benzene rings is 1. The van der Waals surface area contributed by atoms with Gasteiger partial charge in [0.05, 0.1) is 5.69 Å². The minimum absolute atomic E-state index is 0.184. The minimum Gasteiger partial charge on any atom is -0.360 e. The van der Waals surface area contributed by atoms with Crippen molar-refractivity contribution >= 4 is 19.0 Å². The second kappa shape index (κ2) is 8.58. The van der Waals surface area contributed by atoms with Crippen molar-refractivity contribution in [3.63, 3.8) is 0 Å². The molecule has 146 valence electrons. The summed E-state index contributed by atoms with van der Waals surface area (Å²) >= 11 is 0. The van der Waals surface area contributed by atoms with Crippen molar-refractivity contribution in [3.05, 3.63) is 29.5 Å². The molecule has 0 radical (unpaired) electrons. The first kappa shape index (κ1) is 21.0. The molecule has 0 aliphatic carbocycles. The fourth-order valence-corrected chi connectivity index (χ4v) is 3.40. The number of halogens is 2. The van der Waals surface area contributed by atoms with Crippen LogP contribution in [0.15, 0.2) is 12.1 Å². The maximum absolute atomic E-state index is 14.4. The molecule has 0 aliphatic rings. The van der Waals surface area contributed by atoms with Gasteiger partial charge in [-0.2, -0.15) is 5.10 Å². The average molecular weight is 384 g/mol. The Morgan fingerprint density at radius 3 is 2.54 bits per heavy atom. The summed E-state index contributed by atoms with van der Waals surface area (Å²) in [6.45, 7) is 12.7. The zero-order chi connectivity index (χ0) is 19.5. The lowest BCUT2D eigenvalue weighted by molar-refractivity contribution is 0.0809. The number of nitrogens with zero attached hydrogens (tertiary/aromatic N) is 3. The fraction of sp³-hybridized carbons (Fsp3) is 0.632. The molecule has 1 aromatic heterocycles. The van der Waals surface area contributed by atoms with Crippen LogP contribution in [0, 0.1) is 11.6 Å². The molecule has 0 atom stereocenters. The van der Waals surface area contributed by atoms with Crippen LogP contribution in [0.3, 0.4) is 0 Å². The summed E-state index contributed by atoms with van der Waals surface area (Å²) < 4.78 is 35.4. The van der Waals surface area contributed by atoms with Crippen LogP contribution in [0.2, 0.25) is 25.7 Å². The predicted octanol–water partition coefficient (Wildman–Crippen LogP) is 4.51. The molecular weight excluding hydrogens is 352 g/mol. The molecule has 0 spiro atoms. The standard InChI is InChI=1S/C19H31F2N3OSi/c1-14(2)23(3)8-7-18-16-11-15(20)12-17(21)19(16)24(22-18)13-25-9-10-26(4,5)6/h11-12,14H,7-10,13H2,1-6H3. The van der Waals surface area contributed by atoms with Crippen LogP contribution in [0.4, 0.5) is 8.78 Å². The van der Waals surface area contributed by atoms with Crippen LogP contribution in [0.25, 0.3) is 10.9 Å². The highest BCUT2D eigenvalue weighted by atomic mass is 28.3. The molecule has 0 saturated carbocycles. The van der Waals surface area contributed by atoms with Gasteiger partial charge in [-0.1, -0.05) is 19.6 Å². The van der Waals surface area contributed by atoms with Crippen molar-refractivity contribution in [1.82, 2.24) is 14.7 Å². The minimum atomic E-state index is -1.18. The summed E-state index contributed by atoms with van der Waals surface area (Å²) in [5.41, 5.74) is 1.03. The van der Waals surface area contributed by atoms with Crippen LogP contribution in [0.5, 0.6) is 0 Å². The van der Waals surface area contributed by atoms with Crippen LogP contribution in [0.1, 0.15) is 19.5 Å². The second-order valence-corrected chi connectivity index (χ2v) is 14.0. The van der Waals surface area contributed by atoms with E-state index in [1.54, 1.807) is 0 Å². The number of likely N-dealkylation sites (N-methyl/N-ethyl adjacent to an activating group) is 1. The van der Waals surface area contributed by atoms with E-state index in [4.69, 9.17) is 4.74 Å². The molecule has 0 fully saturated rings. The van der Waals surface area contributed by atoms with Crippen LogP contribution < -0.4 is 0 Å². The topological polar surface area (TPSA) is 30.3 Å². The highest BCUT2D eigenvalue weighted by Crippen LogP contribution is 2.24. The van der Waals surface area contributed by atoms with Gasteiger partial charge in [0.25, 0.3) is 0 Å². The molecule has 0 aliphatic heterocycles. The number of fused-ring (bicyclic) bond motifs is 1. The third-order valence-corrected chi connectivity index (χ3v) is 6.34. The van der Waals surface area contributed by atoms with E-state index < -0.39 is 19.7 Å². The number of aromatic nitrogens is 2. The zero-order valence-corrected chi connectivity index (χ0v) is 17.8. The molecule has 4 nitrogen and oxygen atoms in total. The van der Waals surface area contributed by atoms with Gasteiger partial charge in [0.2, 0.25) is 0 Å². The van der Waals surface area contributed by atoms with E-state index >= 15 is 0 Å². The summed E-state index contributed by atoms with van der Waals surface area (Å²) in [7, 11) is 0.850. The van der Waals surface area contributed by atoms with Crippen molar-refractivity contribution in [2.45, 2.75) is 58.7 Å². The van der Waals surface area contributed by atoms with Gasteiger partial charge in [-0.25, -0.2) is 13.5 Å². The van der Waals surface area contributed by atoms with Crippen LogP contribution in [-0.2, 0) is 17.9 Å². The fourth-order valence-electron chi connectivity index (χ4n) is 2.65. The second-order valence-electron chi connectivity index (χ2n) is 8.40. The lowest BCUT2D eigenvalue weighted by atomic mass is 10.1. The van der Waals surface area contributed by atoms with E-state index in [9.17, 15) is 8.78 Å². The van der Waals surface area contributed by atoms with Crippen molar-refractivity contribution in [1.29, 1.82) is 0 Å². The summed E-state index contributed by atoms with van der Waals surface area (Å²) in [6.07, 6.45) is 0.635. The molecule has 0 unspecified atom stereocenters.